The molecule has 0 aromatic carbocycles. The molecule has 0 spiro atoms. The number of carboxylic acids is 1. The number of hydrogen-bond donors (Lipinski definition) is 3. The van der Waals surface area contributed by atoms with Crippen molar-refractivity contribution in [2.45, 2.75) is 38.4 Å². The minimum absolute atomic E-state index is 0.152. The highest BCUT2D eigenvalue weighted by Gasteiger charge is 2.49. The smallest absolute Gasteiger partial charge is 0.451 e. The first kappa shape index (κ1) is 14.4. The SMILES string of the molecule is C#C[C@H]1C[C@@H]2C[C@@H](C(=O)O)[C@@H](CCCB(O)O)[C@@H]2C1. The molecule has 0 amide bonds. The van der Waals surface area contributed by atoms with Gasteiger partial charge in [0.05, 0.1) is 5.92 Å². The highest BCUT2D eigenvalue weighted by atomic mass is 16.4. The molecule has 0 bridgehead atoms. The quantitative estimate of drug-likeness (QED) is 0.515. The monoisotopic (exact) mass is 264 g/mol. The van der Waals surface area contributed by atoms with E-state index in [0.29, 0.717) is 30.5 Å². The Hall–Kier alpha value is -0.985. The second kappa shape index (κ2) is 5.98. The van der Waals surface area contributed by atoms with E-state index in [4.69, 9.17) is 16.5 Å². The van der Waals surface area contributed by atoms with E-state index < -0.39 is 13.1 Å². The van der Waals surface area contributed by atoms with Crippen molar-refractivity contribution in [2.75, 3.05) is 0 Å². The summed E-state index contributed by atoms with van der Waals surface area (Å²) < 4.78 is 0. The van der Waals surface area contributed by atoms with Gasteiger partial charge in [0.25, 0.3) is 0 Å². The molecule has 0 saturated heterocycles. The van der Waals surface area contributed by atoms with Crippen LogP contribution in [0.1, 0.15) is 32.1 Å². The van der Waals surface area contributed by atoms with Crippen molar-refractivity contribution in [3.8, 4) is 12.3 Å². The average Bonchev–Trinajstić information content (AvgIpc) is 2.87. The predicted octanol–water partition coefficient (Wildman–Crippen LogP) is 1.24. The van der Waals surface area contributed by atoms with Crippen molar-refractivity contribution in [1.82, 2.24) is 0 Å². The van der Waals surface area contributed by atoms with Crippen molar-refractivity contribution < 1.29 is 19.9 Å². The van der Waals surface area contributed by atoms with Crippen LogP contribution in [-0.4, -0.2) is 28.2 Å². The second-order valence-corrected chi connectivity index (χ2v) is 6.01. The molecule has 0 radical (unpaired) electrons. The fourth-order valence-corrected chi connectivity index (χ4v) is 4.12. The van der Waals surface area contributed by atoms with Gasteiger partial charge in [0, 0.05) is 5.92 Å². The number of aliphatic carboxylic acids is 1. The van der Waals surface area contributed by atoms with Crippen LogP contribution in [0.25, 0.3) is 0 Å². The van der Waals surface area contributed by atoms with Crippen LogP contribution >= 0.6 is 0 Å². The molecule has 0 aliphatic heterocycles. The first-order chi connectivity index (χ1) is 9.02. The Morgan fingerprint density at radius 3 is 2.63 bits per heavy atom. The lowest BCUT2D eigenvalue weighted by atomic mass is 9.78. The number of carboxylic acid groups (broad SMARTS) is 1. The van der Waals surface area contributed by atoms with Gasteiger partial charge in [0.1, 0.15) is 0 Å². The Labute approximate surface area is 114 Å². The number of hydrogen-bond acceptors (Lipinski definition) is 3. The Morgan fingerprint density at radius 1 is 1.32 bits per heavy atom. The van der Waals surface area contributed by atoms with Crippen molar-refractivity contribution in [3.05, 3.63) is 0 Å². The summed E-state index contributed by atoms with van der Waals surface area (Å²) in [4.78, 5) is 11.4. The summed E-state index contributed by atoms with van der Waals surface area (Å²) in [5.74, 6) is 3.14. The number of fused-ring (bicyclic) bond motifs is 1. The molecular formula is C14H21BO4. The van der Waals surface area contributed by atoms with Crippen molar-refractivity contribution in [2.24, 2.45) is 29.6 Å². The summed E-state index contributed by atoms with van der Waals surface area (Å²) in [5, 5.41) is 27.1. The van der Waals surface area contributed by atoms with E-state index in [9.17, 15) is 9.90 Å². The molecule has 2 rings (SSSR count). The Bertz CT molecular complexity index is 376. The summed E-state index contributed by atoms with van der Waals surface area (Å²) >= 11 is 0. The molecule has 0 aromatic heterocycles. The van der Waals surface area contributed by atoms with Gasteiger partial charge in [-0.15, -0.1) is 12.3 Å². The van der Waals surface area contributed by atoms with Crippen LogP contribution in [0, 0.1) is 41.9 Å². The number of rotatable bonds is 5. The summed E-state index contributed by atoms with van der Waals surface area (Å²) in [6, 6.07) is 0. The molecule has 4 nitrogen and oxygen atoms in total. The summed E-state index contributed by atoms with van der Waals surface area (Å²) in [6.07, 6.45) is 9.87. The highest BCUT2D eigenvalue weighted by molar-refractivity contribution is 6.40. The Kier molecular flexibility index (Phi) is 4.54. The van der Waals surface area contributed by atoms with E-state index in [1.54, 1.807) is 0 Å². The van der Waals surface area contributed by atoms with Gasteiger partial charge in [-0.1, -0.05) is 6.42 Å². The molecule has 3 N–H and O–H groups in total. The van der Waals surface area contributed by atoms with E-state index in [0.717, 1.165) is 25.7 Å². The topological polar surface area (TPSA) is 77.8 Å². The molecule has 2 saturated carbocycles. The van der Waals surface area contributed by atoms with Gasteiger partial charge in [-0.05, 0) is 49.8 Å². The van der Waals surface area contributed by atoms with Crippen LogP contribution in [0.5, 0.6) is 0 Å². The predicted molar refractivity (Wildman–Crippen MR) is 72.0 cm³/mol. The minimum Gasteiger partial charge on any atom is -0.481 e. The summed E-state index contributed by atoms with van der Waals surface area (Å²) in [7, 11) is -1.29. The molecule has 0 heterocycles. The van der Waals surface area contributed by atoms with Gasteiger partial charge in [-0.2, -0.15) is 0 Å². The van der Waals surface area contributed by atoms with Gasteiger partial charge in [0.2, 0.25) is 0 Å². The molecule has 104 valence electrons. The zero-order chi connectivity index (χ0) is 14.0. The van der Waals surface area contributed by atoms with E-state index in [1.807, 2.05) is 0 Å². The zero-order valence-corrected chi connectivity index (χ0v) is 11.0. The van der Waals surface area contributed by atoms with E-state index >= 15 is 0 Å². The molecular weight excluding hydrogens is 243 g/mol. The lowest BCUT2D eigenvalue weighted by Gasteiger charge is -2.22. The van der Waals surface area contributed by atoms with Crippen LogP contribution < -0.4 is 0 Å². The van der Waals surface area contributed by atoms with Crippen molar-refractivity contribution in [1.29, 1.82) is 0 Å². The van der Waals surface area contributed by atoms with Crippen molar-refractivity contribution in [3.63, 3.8) is 0 Å². The van der Waals surface area contributed by atoms with Gasteiger partial charge >= 0.3 is 13.1 Å². The van der Waals surface area contributed by atoms with E-state index in [2.05, 4.69) is 5.92 Å². The summed E-state index contributed by atoms with van der Waals surface area (Å²) in [6.45, 7) is 0. The maximum absolute atomic E-state index is 11.4. The third kappa shape index (κ3) is 3.13. The normalized spacial score (nSPS) is 36.8. The van der Waals surface area contributed by atoms with E-state index in [-0.39, 0.29) is 11.8 Å². The maximum atomic E-state index is 11.4. The fraction of sp³-hybridized carbons (Fsp3) is 0.786. The molecule has 5 heteroatoms. The van der Waals surface area contributed by atoms with Crippen LogP contribution in [0.2, 0.25) is 6.32 Å². The molecule has 0 aromatic rings. The maximum Gasteiger partial charge on any atom is 0.451 e. The molecule has 0 unspecified atom stereocenters. The van der Waals surface area contributed by atoms with Gasteiger partial charge in [0.15, 0.2) is 0 Å². The largest absolute Gasteiger partial charge is 0.481 e. The summed E-state index contributed by atoms with van der Waals surface area (Å²) in [5.41, 5.74) is 0. The standard InChI is InChI=1S/C14H21BO4/c1-2-9-6-10-8-13(14(16)17)11(12(10)7-9)4-3-5-15(18)19/h1,9-13,18-19H,3-8H2,(H,16,17)/t9-,10+,11-,12+,13+/m0/s1. The Balaban J connectivity index is 1.98. The molecule has 2 aliphatic carbocycles. The number of terminal acetylenes is 1. The minimum atomic E-state index is -1.29. The third-order valence-electron chi connectivity index (χ3n) is 4.93. The van der Waals surface area contributed by atoms with Crippen molar-refractivity contribution >= 4 is 13.1 Å². The lowest BCUT2D eigenvalue weighted by Crippen LogP contribution is -2.23. The van der Waals surface area contributed by atoms with Crippen LogP contribution in [-0.2, 0) is 4.79 Å². The fourth-order valence-electron chi connectivity index (χ4n) is 4.12. The van der Waals surface area contributed by atoms with Crippen LogP contribution in [0.3, 0.4) is 0 Å². The van der Waals surface area contributed by atoms with E-state index in [1.165, 1.54) is 0 Å². The Morgan fingerprint density at radius 2 is 2.05 bits per heavy atom. The van der Waals surface area contributed by atoms with Crippen LogP contribution in [0.15, 0.2) is 0 Å². The molecule has 5 atom stereocenters. The zero-order valence-electron chi connectivity index (χ0n) is 11.0. The number of carbonyl (C=O) groups is 1. The second-order valence-electron chi connectivity index (χ2n) is 6.01. The molecule has 2 fully saturated rings. The first-order valence-corrected chi connectivity index (χ1v) is 7.08. The third-order valence-corrected chi connectivity index (χ3v) is 4.93. The van der Waals surface area contributed by atoms with Crippen LogP contribution in [0.4, 0.5) is 0 Å². The average molecular weight is 264 g/mol. The molecule has 2 aliphatic rings. The first-order valence-electron chi connectivity index (χ1n) is 7.08. The highest BCUT2D eigenvalue weighted by Crippen LogP contribution is 2.54. The molecule has 19 heavy (non-hydrogen) atoms. The van der Waals surface area contributed by atoms with Gasteiger partial charge in [-0.3, -0.25) is 4.79 Å². The lowest BCUT2D eigenvalue weighted by molar-refractivity contribution is -0.143. The van der Waals surface area contributed by atoms with Gasteiger partial charge < -0.3 is 15.2 Å². The van der Waals surface area contributed by atoms with Gasteiger partial charge in [-0.25, -0.2) is 0 Å².